The van der Waals surface area contributed by atoms with Gasteiger partial charge in [0.1, 0.15) is 5.69 Å². The van der Waals surface area contributed by atoms with Crippen LogP contribution in [0.1, 0.15) is 25.7 Å². The first-order chi connectivity index (χ1) is 9.49. The third kappa shape index (κ3) is 3.02. The lowest BCUT2D eigenvalue weighted by molar-refractivity contribution is -0.393. The monoisotopic (exact) mass is 280 g/mol. The molecule has 0 aliphatic heterocycles. The molecule has 0 unspecified atom stereocenters. The molecule has 1 aromatic rings. The summed E-state index contributed by atoms with van der Waals surface area (Å²) < 4.78 is 0. The van der Waals surface area contributed by atoms with Gasteiger partial charge in [0.05, 0.1) is 15.9 Å². The predicted octanol–water partition coefficient (Wildman–Crippen LogP) is 2.18. The van der Waals surface area contributed by atoms with Crippen molar-refractivity contribution in [1.82, 2.24) is 0 Å². The van der Waals surface area contributed by atoms with E-state index in [2.05, 4.69) is 5.32 Å². The molecular formula is C12H16N4O4. The van der Waals surface area contributed by atoms with Crippen LogP contribution in [0.3, 0.4) is 0 Å². The fraction of sp³-hybridized carbons (Fsp3) is 0.500. The van der Waals surface area contributed by atoms with Crippen molar-refractivity contribution >= 4 is 17.1 Å². The predicted molar refractivity (Wildman–Crippen MR) is 73.6 cm³/mol. The van der Waals surface area contributed by atoms with Crippen LogP contribution in [0.5, 0.6) is 0 Å². The number of anilines is 1. The molecule has 8 heteroatoms. The summed E-state index contributed by atoms with van der Waals surface area (Å²) in [5.41, 5.74) is 5.68. The van der Waals surface area contributed by atoms with E-state index in [-0.39, 0.29) is 29.1 Å². The Morgan fingerprint density at radius 3 is 2.45 bits per heavy atom. The summed E-state index contributed by atoms with van der Waals surface area (Å²) in [6, 6.07) is 3.50. The quantitative estimate of drug-likeness (QED) is 0.643. The molecule has 20 heavy (non-hydrogen) atoms. The fourth-order valence-electron chi connectivity index (χ4n) is 2.45. The zero-order valence-corrected chi connectivity index (χ0v) is 10.8. The van der Waals surface area contributed by atoms with Crippen LogP contribution in [-0.4, -0.2) is 21.9 Å². The highest BCUT2D eigenvalue weighted by atomic mass is 16.6. The summed E-state index contributed by atoms with van der Waals surface area (Å²) in [6.45, 7) is 0. The Morgan fingerprint density at radius 2 is 1.85 bits per heavy atom. The lowest BCUT2D eigenvalue weighted by Gasteiger charge is -2.29. The number of nitrogens with two attached hydrogens (primary N) is 1. The summed E-state index contributed by atoms with van der Waals surface area (Å²) in [7, 11) is 0. The van der Waals surface area contributed by atoms with Gasteiger partial charge in [-0.15, -0.1) is 0 Å². The average molecular weight is 280 g/mol. The van der Waals surface area contributed by atoms with E-state index in [1.54, 1.807) is 0 Å². The summed E-state index contributed by atoms with van der Waals surface area (Å²) in [5.74, 6) is 0. The van der Waals surface area contributed by atoms with Gasteiger partial charge in [0.2, 0.25) is 0 Å². The summed E-state index contributed by atoms with van der Waals surface area (Å²) >= 11 is 0. The Hall–Kier alpha value is -2.22. The molecule has 1 aliphatic rings. The summed E-state index contributed by atoms with van der Waals surface area (Å²) in [6.07, 6.45) is 3.79. The zero-order valence-electron chi connectivity index (χ0n) is 10.8. The number of nitrogens with one attached hydrogen (secondary N) is 1. The Labute approximate surface area is 115 Å². The Bertz CT molecular complexity index is 534. The number of nitrogens with zero attached hydrogens (tertiary/aromatic N) is 2. The lowest BCUT2D eigenvalue weighted by atomic mass is 9.91. The Morgan fingerprint density at radius 1 is 1.15 bits per heavy atom. The molecule has 8 nitrogen and oxygen atoms in total. The third-order valence-electron chi connectivity index (χ3n) is 3.55. The van der Waals surface area contributed by atoms with Gasteiger partial charge < -0.3 is 11.1 Å². The van der Waals surface area contributed by atoms with Crippen LogP contribution >= 0.6 is 0 Å². The lowest BCUT2D eigenvalue weighted by Crippen LogP contribution is -2.42. The molecule has 0 heterocycles. The van der Waals surface area contributed by atoms with Gasteiger partial charge >= 0.3 is 0 Å². The number of nitro benzene ring substituents is 2. The van der Waals surface area contributed by atoms with E-state index in [9.17, 15) is 20.2 Å². The number of hydrogen-bond acceptors (Lipinski definition) is 6. The van der Waals surface area contributed by atoms with Gasteiger partial charge in [-0.2, -0.15) is 0 Å². The molecule has 1 fully saturated rings. The molecule has 108 valence electrons. The van der Waals surface area contributed by atoms with Gasteiger partial charge in [-0.05, 0) is 18.9 Å². The molecule has 0 amide bonds. The highest BCUT2D eigenvalue weighted by molar-refractivity contribution is 5.65. The molecular weight excluding hydrogens is 264 g/mol. The van der Waals surface area contributed by atoms with Crippen molar-refractivity contribution in [2.45, 2.75) is 37.8 Å². The molecule has 0 spiro atoms. The number of nitro groups is 2. The van der Waals surface area contributed by atoms with Crippen LogP contribution in [0.25, 0.3) is 0 Å². The number of non-ortho nitro benzene ring substituents is 1. The first-order valence-electron chi connectivity index (χ1n) is 6.44. The van der Waals surface area contributed by atoms with Gasteiger partial charge in [0.15, 0.2) is 0 Å². The van der Waals surface area contributed by atoms with Gasteiger partial charge in [0.25, 0.3) is 11.4 Å². The molecule has 2 atom stereocenters. The van der Waals surface area contributed by atoms with Crippen molar-refractivity contribution in [3.63, 3.8) is 0 Å². The minimum Gasteiger partial charge on any atom is -0.375 e. The van der Waals surface area contributed by atoms with E-state index in [0.29, 0.717) is 0 Å². The van der Waals surface area contributed by atoms with E-state index in [1.165, 1.54) is 12.1 Å². The minimum absolute atomic E-state index is 0.0380. The number of rotatable bonds is 4. The largest absolute Gasteiger partial charge is 0.375 e. The van der Waals surface area contributed by atoms with Crippen LogP contribution in [0.4, 0.5) is 17.1 Å². The standard InChI is InChI=1S/C12H16N4O4/c13-9-3-1-2-4-10(9)14-11-6-5-8(15(17)18)7-12(11)16(19)20/h5-7,9-10,14H,1-4,13H2/t9-,10+/m1/s1. The average Bonchev–Trinajstić information content (AvgIpc) is 2.41. The van der Waals surface area contributed by atoms with E-state index in [0.717, 1.165) is 31.7 Å². The Kier molecular flexibility index (Phi) is 4.14. The van der Waals surface area contributed by atoms with Crippen LogP contribution in [0, 0.1) is 20.2 Å². The van der Waals surface area contributed by atoms with Crippen LogP contribution < -0.4 is 11.1 Å². The van der Waals surface area contributed by atoms with Crippen molar-refractivity contribution in [2.24, 2.45) is 5.73 Å². The van der Waals surface area contributed by atoms with Crippen molar-refractivity contribution in [3.8, 4) is 0 Å². The summed E-state index contributed by atoms with van der Waals surface area (Å²) in [4.78, 5) is 20.4. The minimum atomic E-state index is -0.650. The normalized spacial score (nSPS) is 22.2. The zero-order chi connectivity index (χ0) is 14.7. The van der Waals surface area contributed by atoms with Crippen LogP contribution in [0.2, 0.25) is 0 Å². The number of hydrogen-bond donors (Lipinski definition) is 2. The van der Waals surface area contributed by atoms with Crippen LogP contribution in [0.15, 0.2) is 18.2 Å². The van der Waals surface area contributed by atoms with Gasteiger partial charge in [-0.1, -0.05) is 12.8 Å². The second-order valence-electron chi connectivity index (χ2n) is 4.91. The maximum Gasteiger partial charge on any atom is 0.299 e. The van der Waals surface area contributed by atoms with E-state index >= 15 is 0 Å². The van der Waals surface area contributed by atoms with Crippen molar-refractivity contribution in [1.29, 1.82) is 0 Å². The second-order valence-corrected chi connectivity index (χ2v) is 4.91. The maximum atomic E-state index is 11.0. The van der Waals surface area contributed by atoms with Crippen molar-refractivity contribution in [3.05, 3.63) is 38.4 Å². The molecule has 2 rings (SSSR count). The molecule has 1 aliphatic carbocycles. The Balaban J connectivity index is 2.26. The smallest absolute Gasteiger partial charge is 0.299 e. The molecule has 1 aromatic carbocycles. The van der Waals surface area contributed by atoms with Crippen molar-refractivity contribution in [2.75, 3.05) is 5.32 Å². The SMILES string of the molecule is N[C@@H]1CCCC[C@@H]1Nc1ccc([N+](=O)[O-])cc1[N+](=O)[O-]. The molecule has 3 N–H and O–H groups in total. The summed E-state index contributed by atoms with van der Waals surface area (Å²) in [5, 5.41) is 24.8. The van der Waals surface area contributed by atoms with Gasteiger partial charge in [-0.25, -0.2) is 0 Å². The molecule has 1 saturated carbocycles. The first-order valence-corrected chi connectivity index (χ1v) is 6.44. The highest BCUT2D eigenvalue weighted by Gasteiger charge is 2.25. The van der Waals surface area contributed by atoms with Gasteiger partial charge in [-0.3, -0.25) is 20.2 Å². The molecule has 0 saturated heterocycles. The fourth-order valence-corrected chi connectivity index (χ4v) is 2.45. The molecule has 0 radical (unpaired) electrons. The number of benzene rings is 1. The van der Waals surface area contributed by atoms with Crippen LogP contribution in [-0.2, 0) is 0 Å². The topological polar surface area (TPSA) is 124 Å². The molecule has 0 bridgehead atoms. The maximum absolute atomic E-state index is 11.0. The van der Waals surface area contributed by atoms with E-state index < -0.39 is 9.85 Å². The molecule has 0 aromatic heterocycles. The second kappa shape index (κ2) is 5.83. The van der Waals surface area contributed by atoms with E-state index in [1.807, 2.05) is 0 Å². The van der Waals surface area contributed by atoms with E-state index in [4.69, 9.17) is 5.73 Å². The van der Waals surface area contributed by atoms with Crippen molar-refractivity contribution < 1.29 is 9.85 Å². The van der Waals surface area contributed by atoms with Gasteiger partial charge in [0, 0.05) is 18.2 Å². The third-order valence-corrected chi connectivity index (χ3v) is 3.55. The first kappa shape index (κ1) is 14.2. The highest BCUT2D eigenvalue weighted by Crippen LogP contribution is 2.31.